The first-order chi connectivity index (χ1) is 9.63. The molecule has 0 aromatic heterocycles. The van der Waals surface area contributed by atoms with Crippen LogP contribution in [0.3, 0.4) is 0 Å². The summed E-state index contributed by atoms with van der Waals surface area (Å²) >= 11 is 6.10. The molecule has 1 aromatic rings. The summed E-state index contributed by atoms with van der Waals surface area (Å²) in [6, 6.07) is 5.69. The van der Waals surface area contributed by atoms with Crippen molar-refractivity contribution in [3.05, 3.63) is 34.6 Å². The van der Waals surface area contributed by atoms with E-state index in [1.165, 1.54) is 44.5 Å². The quantitative estimate of drug-likeness (QED) is 0.893. The fourth-order valence-electron chi connectivity index (χ4n) is 3.11. The van der Waals surface area contributed by atoms with Crippen molar-refractivity contribution < 1.29 is 4.39 Å². The highest BCUT2D eigenvalue weighted by Gasteiger charge is 2.34. The minimum atomic E-state index is -0.276. The Morgan fingerprint density at radius 1 is 1.40 bits per heavy atom. The van der Waals surface area contributed by atoms with Crippen LogP contribution in [0.2, 0.25) is 5.02 Å². The van der Waals surface area contributed by atoms with E-state index in [9.17, 15) is 4.39 Å². The van der Waals surface area contributed by atoms with Crippen LogP contribution >= 0.6 is 11.6 Å². The Morgan fingerprint density at radius 2 is 2.20 bits per heavy atom. The van der Waals surface area contributed by atoms with Crippen LogP contribution in [-0.2, 0) is 0 Å². The molecular formula is C16H22ClFN2. The van der Waals surface area contributed by atoms with Gasteiger partial charge in [-0.3, -0.25) is 0 Å². The molecule has 4 heteroatoms. The molecule has 110 valence electrons. The lowest BCUT2D eigenvalue weighted by Gasteiger charge is -2.19. The van der Waals surface area contributed by atoms with Crippen LogP contribution in [0.25, 0.3) is 0 Å². The Kier molecular flexibility index (Phi) is 4.29. The molecule has 0 amide bonds. The summed E-state index contributed by atoms with van der Waals surface area (Å²) in [5.41, 5.74) is 0.977. The normalized spacial score (nSPS) is 25.1. The second-order valence-corrected chi connectivity index (χ2v) is 6.58. The highest BCUT2D eigenvalue weighted by atomic mass is 35.5. The maximum absolute atomic E-state index is 13.1. The van der Waals surface area contributed by atoms with Gasteiger partial charge in [0, 0.05) is 23.7 Å². The van der Waals surface area contributed by atoms with Crippen molar-refractivity contribution in [3.63, 3.8) is 0 Å². The van der Waals surface area contributed by atoms with Gasteiger partial charge in [-0.1, -0.05) is 17.7 Å². The van der Waals surface area contributed by atoms with E-state index in [0.717, 1.165) is 24.1 Å². The Morgan fingerprint density at radius 3 is 2.90 bits per heavy atom. The Labute approximate surface area is 125 Å². The van der Waals surface area contributed by atoms with E-state index in [-0.39, 0.29) is 11.9 Å². The zero-order chi connectivity index (χ0) is 14.1. The summed E-state index contributed by atoms with van der Waals surface area (Å²) < 4.78 is 13.1. The molecule has 3 rings (SSSR count). The number of rotatable bonds is 5. The first kappa shape index (κ1) is 14.3. The van der Waals surface area contributed by atoms with E-state index in [1.807, 2.05) is 0 Å². The van der Waals surface area contributed by atoms with Gasteiger partial charge in [0.2, 0.25) is 0 Å². The lowest BCUT2D eigenvalue weighted by atomic mass is 10.1. The smallest absolute Gasteiger partial charge is 0.124 e. The van der Waals surface area contributed by atoms with Gasteiger partial charge >= 0.3 is 0 Å². The molecule has 1 heterocycles. The van der Waals surface area contributed by atoms with Gasteiger partial charge in [-0.25, -0.2) is 4.39 Å². The number of nitrogens with zero attached hydrogens (tertiary/aromatic N) is 1. The van der Waals surface area contributed by atoms with Crippen LogP contribution in [0, 0.1) is 11.7 Å². The van der Waals surface area contributed by atoms with Crippen molar-refractivity contribution >= 4 is 11.6 Å². The van der Waals surface area contributed by atoms with Gasteiger partial charge in [-0.2, -0.15) is 0 Å². The Bertz CT molecular complexity index is 476. The molecule has 0 radical (unpaired) electrons. The summed E-state index contributed by atoms with van der Waals surface area (Å²) in [5, 5.41) is 4.06. The maximum Gasteiger partial charge on any atom is 0.124 e. The Hall–Kier alpha value is -0.640. The molecule has 0 spiro atoms. The summed E-state index contributed by atoms with van der Waals surface area (Å²) in [7, 11) is 0. The first-order valence-electron chi connectivity index (χ1n) is 7.56. The van der Waals surface area contributed by atoms with Crippen molar-refractivity contribution in [1.29, 1.82) is 0 Å². The van der Waals surface area contributed by atoms with Crippen molar-refractivity contribution in [1.82, 2.24) is 10.2 Å². The second kappa shape index (κ2) is 6.00. The molecule has 1 aliphatic carbocycles. The molecular weight excluding hydrogens is 275 g/mol. The number of hydrogen-bond acceptors (Lipinski definition) is 2. The van der Waals surface area contributed by atoms with E-state index in [4.69, 9.17) is 11.6 Å². The van der Waals surface area contributed by atoms with Crippen LogP contribution in [0.15, 0.2) is 18.2 Å². The molecule has 2 unspecified atom stereocenters. The van der Waals surface area contributed by atoms with Crippen LogP contribution in [-0.4, -0.2) is 30.6 Å². The Balaban J connectivity index is 1.50. The lowest BCUT2D eigenvalue weighted by molar-refractivity contribution is 0.310. The predicted octanol–water partition coefficient (Wildman–Crippen LogP) is 3.61. The second-order valence-electron chi connectivity index (χ2n) is 6.18. The van der Waals surface area contributed by atoms with E-state index in [2.05, 4.69) is 17.1 Å². The molecule has 1 N–H and O–H groups in total. The molecule has 0 bridgehead atoms. The number of likely N-dealkylation sites (tertiary alicyclic amines) is 1. The highest BCUT2D eigenvalue weighted by molar-refractivity contribution is 6.31. The predicted molar refractivity (Wildman–Crippen MR) is 80.5 cm³/mol. The molecule has 2 fully saturated rings. The standard InChI is InChI=1S/C16H22ClFN2/c1-11(15-5-2-13(18)8-16(15)17)19-9-12-6-7-20(10-12)14-3-4-14/h2,5,8,11-12,14,19H,3-4,6-7,9-10H2,1H3. The molecule has 1 aromatic carbocycles. The zero-order valence-electron chi connectivity index (χ0n) is 11.9. The van der Waals surface area contributed by atoms with Crippen molar-refractivity contribution in [2.45, 2.75) is 38.3 Å². The number of hydrogen-bond donors (Lipinski definition) is 1. The molecule has 1 saturated carbocycles. The van der Waals surface area contributed by atoms with Crippen LogP contribution in [0.5, 0.6) is 0 Å². The summed E-state index contributed by atoms with van der Waals surface area (Å²) in [5.74, 6) is 0.457. The minimum absolute atomic E-state index is 0.165. The number of benzene rings is 1. The molecule has 2 aliphatic rings. The minimum Gasteiger partial charge on any atom is -0.310 e. The third kappa shape index (κ3) is 3.33. The van der Waals surface area contributed by atoms with Crippen molar-refractivity contribution in [2.75, 3.05) is 19.6 Å². The maximum atomic E-state index is 13.1. The summed E-state index contributed by atoms with van der Waals surface area (Å²) in [6.07, 6.45) is 4.07. The van der Waals surface area contributed by atoms with Crippen molar-refractivity contribution in [2.24, 2.45) is 5.92 Å². The van der Waals surface area contributed by atoms with Crippen LogP contribution < -0.4 is 5.32 Å². The van der Waals surface area contributed by atoms with E-state index in [0.29, 0.717) is 5.02 Å². The van der Waals surface area contributed by atoms with Crippen molar-refractivity contribution in [3.8, 4) is 0 Å². The van der Waals surface area contributed by atoms with Gasteiger partial charge in [0.05, 0.1) is 0 Å². The van der Waals surface area contributed by atoms with Gasteiger partial charge in [-0.15, -0.1) is 0 Å². The molecule has 2 nitrogen and oxygen atoms in total. The average molecular weight is 297 g/mol. The highest BCUT2D eigenvalue weighted by Crippen LogP contribution is 2.32. The van der Waals surface area contributed by atoms with E-state index >= 15 is 0 Å². The van der Waals surface area contributed by atoms with Gasteiger partial charge < -0.3 is 10.2 Å². The summed E-state index contributed by atoms with van der Waals surface area (Å²) in [6.45, 7) is 5.58. The van der Waals surface area contributed by atoms with Crippen LogP contribution in [0.4, 0.5) is 4.39 Å². The number of nitrogens with one attached hydrogen (secondary N) is 1. The largest absolute Gasteiger partial charge is 0.310 e. The summed E-state index contributed by atoms with van der Waals surface area (Å²) in [4.78, 5) is 2.63. The van der Waals surface area contributed by atoms with Crippen LogP contribution in [0.1, 0.15) is 37.8 Å². The molecule has 1 saturated heterocycles. The third-order valence-electron chi connectivity index (χ3n) is 4.52. The van der Waals surface area contributed by atoms with Gasteiger partial charge in [0.15, 0.2) is 0 Å². The fourth-order valence-corrected chi connectivity index (χ4v) is 3.44. The first-order valence-corrected chi connectivity index (χ1v) is 7.93. The van der Waals surface area contributed by atoms with Gasteiger partial charge in [0.25, 0.3) is 0 Å². The molecule has 2 atom stereocenters. The van der Waals surface area contributed by atoms with Gasteiger partial charge in [-0.05, 0) is 62.9 Å². The fraction of sp³-hybridized carbons (Fsp3) is 0.625. The number of halogens is 2. The molecule has 20 heavy (non-hydrogen) atoms. The lowest BCUT2D eigenvalue weighted by Crippen LogP contribution is -2.29. The van der Waals surface area contributed by atoms with E-state index < -0.39 is 0 Å². The zero-order valence-corrected chi connectivity index (χ0v) is 12.7. The SMILES string of the molecule is CC(NCC1CCN(C2CC2)C1)c1ccc(F)cc1Cl. The molecule has 1 aliphatic heterocycles. The average Bonchev–Trinajstić information content (AvgIpc) is 3.15. The van der Waals surface area contributed by atoms with Gasteiger partial charge in [0.1, 0.15) is 5.82 Å². The third-order valence-corrected chi connectivity index (χ3v) is 4.85. The van der Waals surface area contributed by atoms with E-state index in [1.54, 1.807) is 6.07 Å². The monoisotopic (exact) mass is 296 g/mol. The topological polar surface area (TPSA) is 15.3 Å².